The van der Waals surface area contributed by atoms with Crippen LogP contribution in [0.25, 0.3) is 0 Å². The van der Waals surface area contributed by atoms with E-state index in [1.54, 1.807) is 13.3 Å². The SMILES string of the molecule is COc1ccc(N2CCOCC2)cc1Nc1cc(Nc2ccccn2)c(C)cn1. The van der Waals surface area contributed by atoms with E-state index in [1.807, 2.05) is 43.5 Å². The monoisotopic (exact) mass is 391 g/mol. The Hall–Kier alpha value is -3.32. The van der Waals surface area contributed by atoms with Crippen molar-refractivity contribution < 1.29 is 9.47 Å². The lowest BCUT2D eigenvalue weighted by molar-refractivity contribution is 0.122. The Morgan fingerprint density at radius 3 is 2.55 bits per heavy atom. The number of methoxy groups -OCH3 is 1. The minimum absolute atomic E-state index is 0.728. The third kappa shape index (κ3) is 4.57. The smallest absolute Gasteiger partial charge is 0.142 e. The lowest BCUT2D eigenvalue weighted by Crippen LogP contribution is -2.36. The highest BCUT2D eigenvalue weighted by Gasteiger charge is 2.14. The van der Waals surface area contributed by atoms with Crippen molar-refractivity contribution in [3.63, 3.8) is 0 Å². The molecule has 0 unspecified atom stereocenters. The van der Waals surface area contributed by atoms with Crippen LogP contribution in [0.1, 0.15) is 5.56 Å². The fourth-order valence-corrected chi connectivity index (χ4v) is 3.25. The topological polar surface area (TPSA) is 71.5 Å². The molecule has 1 aliphatic heterocycles. The Morgan fingerprint density at radius 2 is 1.79 bits per heavy atom. The number of nitrogens with one attached hydrogen (secondary N) is 2. The number of aromatic nitrogens is 2. The first kappa shape index (κ1) is 19.0. The summed E-state index contributed by atoms with van der Waals surface area (Å²) in [6.07, 6.45) is 3.60. The number of anilines is 5. The van der Waals surface area contributed by atoms with Crippen LogP contribution in [-0.4, -0.2) is 43.4 Å². The number of aryl methyl sites for hydroxylation is 1. The Balaban J connectivity index is 1.58. The highest BCUT2D eigenvalue weighted by atomic mass is 16.5. The van der Waals surface area contributed by atoms with Crippen molar-refractivity contribution in [2.45, 2.75) is 6.92 Å². The van der Waals surface area contributed by atoms with Crippen LogP contribution in [-0.2, 0) is 4.74 Å². The second kappa shape index (κ2) is 8.79. The second-order valence-corrected chi connectivity index (χ2v) is 6.83. The summed E-state index contributed by atoms with van der Waals surface area (Å²) in [5.74, 6) is 2.29. The molecule has 1 saturated heterocycles. The van der Waals surface area contributed by atoms with Gasteiger partial charge >= 0.3 is 0 Å². The van der Waals surface area contributed by atoms with Crippen LogP contribution in [0.2, 0.25) is 0 Å². The summed E-state index contributed by atoms with van der Waals surface area (Å²) in [5, 5.41) is 6.75. The second-order valence-electron chi connectivity index (χ2n) is 6.83. The van der Waals surface area contributed by atoms with Gasteiger partial charge in [-0.05, 0) is 42.8 Å². The predicted molar refractivity (Wildman–Crippen MR) is 116 cm³/mol. The standard InChI is InChI=1S/C22H25N5O2/c1-16-15-24-22(14-18(16)25-21-5-3-4-8-23-21)26-19-13-17(6-7-20(19)28-2)27-9-11-29-12-10-27/h3-8,13-15H,9-12H2,1-2H3,(H2,23,24,25,26). The molecular formula is C22H25N5O2. The van der Waals surface area contributed by atoms with E-state index in [9.17, 15) is 0 Å². The summed E-state index contributed by atoms with van der Waals surface area (Å²) < 4.78 is 11.0. The number of pyridine rings is 2. The minimum atomic E-state index is 0.728. The van der Waals surface area contributed by atoms with E-state index in [2.05, 4.69) is 37.6 Å². The van der Waals surface area contributed by atoms with Gasteiger partial charge < -0.3 is 25.0 Å². The third-order valence-corrected chi connectivity index (χ3v) is 4.85. The molecule has 0 aliphatic carbocycles. The molecule has 0 spiro atoms. The predicted octanol–water partition coefficient (Wildman–Crippen LogP) is 4.12. The maximum Gasteiger partial charge on any atom is 0.142 e. The summed E-state index contributed by atoms with van der Waals surface area (Å²) >= 11 is 0. The maximum absolute atomic E-state index is 5.55. The van der Waals surface area contributed by atoms with Crippen LogP contribution in [0.4, 0.5) is 28.7 Å². The first-order valence-corrected chi connectivity index (χ1v) is 9.65. The molecular weight excluding hydrogens is 366 g/mol. The Kier molecular flexibility index (Phi) is 5.76. The van der Waals surface area contributed by atoms with Crippen molar-refractivity contribution in [3.05, 3.63) is 60.4 Å². The minimum Gasteiger partial charge on any atom is -0.495 e. The number of nitrogens with zero attached hydrogens (tertiary/aromatic N) is 3. The van der Waals surface area contributed by atoms with Gasteiger partial charge in [-0.1, -0.05) is 6.07 Å². The first-order valence-electron chi connectivity index (χ1n) is 9.65. The van der Waals surface area contributed by atoms with Crippen LogP contribution < -0.4 is 20.3 Å². The fourth-order valence-electron chi connectivity index (χ4n) is 3.25. The highest BCUT2D eigenvalue weighted by molar-refractivity contribution is 5.73. The molecule has 7 heteroatoms. The van der Waals surface area contributed by atoms with E-state index >= 15 is 0 Å². The van der Waals surface area contributed by atoms with Crippen molar-refractivity contribution in [2.75, 3.05) is 48.9 Å². The molecule has 3 aromatic rings. The van der Waals surface area contributed by atoms with Gasteiger partial charge in [-0.15, -0.1) is 0 Å². The molecule has 0 atom stereocenters. The normalized spacial score (nSPS) is 13.8. The van der Waals surface area contributed by atoms with Gasteiger partial charge in [0.15, 0.2) is 0 Å². The number of hydrogen-bond acceptors (Lipinski definition) is 7. The van der Waals surface area contributed by atoms with Crippen LogP contribution in [0.5, 0.6) is 5.75 Å². The molecule has 0 radical (unpaired) electrons. The van der Waals surface area contributed by atoms with E-state index in [1.165, 1.54) is 0 Å². The maximum atomic E-state index is 5.55. The molecule has 1 aliphatic rings. The van der Waals surface area contributed by atoms with Crippen molar-refractivity contribution in [3.8, 4) is 5.75 Å². The lowest BCUT2D eigenvalue weighted by atomic mass is 10.2. The number of hydrogen-bond donors (Lipinski definition) is 2. The molecule has 1 aromatic carbocycles. The van der Waals surface area contributed by atoms with Gasteiger partial charge in [0, 0.05) is 42.9 Å². The van der Waals surface area contributed by atoms with Crippen molar-refractivity contribution in [2.24, 2.45) is 0 Å². The molecule has 0 saturated carbocycles. The summed E-state index contributed by atoms with van der Waals surface area (Å²) in [7, 11) is 1.67. The van der Waals surface area contributed by atoms with Gasteiger partial charge in [0.2, 0.25) is 0 Å². The van der Waals surface area contributed by atoms with Crippen molar-refractivity contribution in [1.82, 2.24) is 9.97 Å². The van der Waals surface area contributed by atoms with Gasteiger partial charge in [0.25, 0.3) is 0 Å². The average Bonchev–Trinajstić information content (AvgIpc) is 2.77. The largest absolute Gasteiger partial charge is 0.495 e. The summed E-state index contributed by atoms with van der Waals surface area (Å²) in [5.41, 5.74) is 3.99. The number of ether oxygens (including phenoxy) is 2. The zero-order chi connectivity index (χ0) is 20.1. The Bertz CT molecular complexity index is 959. The molecule has 4 rings (SSSR count). The zero-order valence-corrected chi connectivity index (χ0v) is 16.7. The number of benzene rings is 1. The Labute approximate surface area is 170 Å². The fraction of sp³-hybridized carbons (Fsp3) is 0.273. The van der Waals surface area contributed by atoms with E-state index in [0.717, 1.165) is 66.3 Å². The molecule has 0 amide bonds. The average molecular weight is 391 g/mol. The highest BCUT2D eigenvalue weighted by Crippen LogP contribution is 2.33. The summed E-state index contributed by atoms with van der Waals surface area (Å²) in [4.78, 5) is 11.2. The van der Waals surface area contributed by atoms with Crippen LogP contribution in [0, 0.1) is 6.92 Å². The third-order valence-electron chi connectivity index (χ3n) is 4.85. The molecule has 3 heterocycles. The number of morpholine rings is 1. The van der Waals surface area contributed by atoms with Crippen molar-refractivity contribution >= 4 is 28.7 Å². The van der Waals surface area contributed by atoms with E-state index < -0.39 is 0 Å². The van der Waals surface area contributed by atoms with Gasteiger partial charge in [0.05, 0.1) is 26.0 Å². The summed E-state index contributed by atoms with van der Waals surface area (Å²) in [6, 6.07) is 13.9. The summed E-state index contributed by atoms with van der Waals surface area (Å²) in [6.45, 7) is 5.27. The van der Waals surface area contributed by atoms with Gasteiger partial charge in [-0.2, -0.15) is 0 Å². The zero-order valence-electron chi connectivity index (χ0n) is 16.7. The number of rotatable bonds is 6. The van der Waals surface area contributed by atoms with Gasteiger partial charge in [-0.3, -0.25) is 0 Å². The van der Waals surface area contributed by atoms with Crippen LogP contribution >= 0.6 is 0 Å². The molecule has 7 nitrogen and oxygen atoms in total. The lowest BCUT2D eigenvalue weighted by Gasteiger charge is -2.29. The van der Waals surface area contributed by atoms with E-state index in [-0.39, 0.29) is 0 Å². The van der Waals surface area contributed by atoms with E-state index in [4.69, 9.17) is 9.47 Å². The molecule has 1 fully saturated rings. The van der Waals surface area contributed by atoms with Gasteiger partial charge in [0.1, 0.15) is 17.4 Å². The molecule has 2 N–H and O–H groups in total. The molecule has 29 heavy (non-hydrogen) atoms. The molecule has 150 valence electrons. The van der Waals surface area contributed by atoms with Crippen LogP contribution in [0.15, 0.2) is 54.9 Å². The quantitative estimate of drug-likeness (QED) is 0.655. The van der Waals surface area contributed by atoms with Gasteiger partial charge in [-0.25, -0.2) is 9.97 Å². The molecule has 2 aromatic heterocycles. The van der Waals surface area contributed by atoms with Crippen molar-refractivity contribution in [1.29, 1.82) is 0 Å². The van der Waals surface area contributed by atoms with E-state index in [0.29, 0.717) is 0 Å². The Morgan fingerprint density at radius 1 is 0.966 bits per heavy atom. The first-order chi connectivity index (χ1) is 14.2. The van der Waals surface area contributed by atoms with Crippen LogP contribution in [0.3, 0.4) is 0 Å². The molecule has 0 bridgehead atoms.